The summed E-state index contributed by atoms with van der Waals surface area (Å²) in [5.74, 6) is 0.833. The van der Waals surface area contributed by atoms with Crippen molar-refractivity contribution in [2.45, 2.75) is 11.3 Å². The number of hydrogen-bond acceptors (Lipinski definition) is 5. The van der Waals surface area contributed by atoms with E-state index in [9.17, 15) is 8.42 Å². The van der Waals surface area contributed by atoms with Crippen LogP contribution in [0.25, 0.3) is 0 Å². The van der Waals surface area contributed by atoms with Crippen molar-refractivity contribution in [2.24, 2.45) is 0 Å². The van der Waals surface area contributed by atoms with Gasteiger partial charge in [0.15, 0.2) is 11.5 Å². The van der Waals surface area contributed by atoms with E-state index in [1.165, 1.54) is 20.3 Å². The van der Waals surface area contributed by atoms with Gasteiger partial charge < -0.3 is 14.8 Å². The molecule has 2 N–H and O–H groups in total. The van der Waals surface area contributed by atoms with Crippen molar-refractivity contribution in [3.05, 3.63) is 16.6 Å². The molecule has 0 spiro atoms. The number of hydrogen-bond donors (Lipinski definition) is 2. The molecule has 122 valence electrons. The molecule has 0 aromatic heterocycles. The molecule has 9 heteroatoms. The number of benzene rings is 1. The number of rotatable bonds is 8. The van der Waals surface area contributed by atoms with E-state index in [1.807, 2.05) is 7.05 Å². The second kappa shape index (κ2) is 9.47. The van der Waals surface area contributed by atoms with Gasteiger partial charge in [0.25, 0.3) is 0 Å². The van der Waals surface area contributed by atoms with Crippen molar-refractivity contribution in [1.82, 2.24) is 10.0 Å². The van der Waals surface area contributed by atoms with E-state index < -0.39 is 10.0 Å². The highest BCUT2D eigenvalue weighted by atomic mass is 79.9. The van der Waals surface area contributed by atoms with Gasteiger partial charge in [-0.15, -0.1) is 12.4 Å². The van der Waals surface area contributed by atoms with Gasteiger partial charge in [-0.2, -0.15) is 0 Å². The molecule has 0 bridgehead atoms. The zero-order valence-electron chi connectivity index (χ0n) is 12.1. The zero-order valence-corrected chi connectivity index (χ0v) is 15.3. The fourth-order valence-corrected chi connectivity index (χ4v) is 3.70. The van der Waals surface area contributed by atoms with Crippen molar-refractivity contribution >= 4 is 38.4 Å². The number of ether oxygens (including phenoxy) is 2. The lowest BCUT2D eigenvalue weighted by Crippen LogP contribution is -2.27. The van der Waals surface area contributed by atoms with Crippen LogP contribution in [-0.2, 0) is 10.0 Å². The highest BCUT2D eigenvalue weighted by molar-refractivity contribution is 9.10. The lowest BCUT2D eigenvalue weighted by Gasteiger charge is -2.13. The summed E-state index contributed by atoms with van der Waals surface area (Å²) in [7, 11) is 1.19. The third-order valence-electron chi connectivity index (χ3n) is 2.62. The number of nitrogens with one attached hydrogen (secondary N) is 2. The molecule has 0 aliphatic carbocycles. The molecule has 21 heavy (non-hydrogen) atoms. The molecule has 0 saturated carbocycles. The van der Waals surface area contributed by atoms with Crippen molar-refractivity contribution in [1.29, 1.82) is 0 Å². The Morgan fingerprint density at radius 1 is 1.14 bits per heavy atom. The van der Waals surface area contributed by atoms with Crippen LogP contribution in [0.3, 0.4) is 0 Å². The molecule has 0 fully saturated rings. The summed E-state index contributed by atoms with van der Waals surface area (Å²) in [5, 5.41) is 2.96. The van der Waals surface area contributed by atoms with Crippen LogP contribution in [0.5, 0.6) is 11.5 Å². The fraction of sp³-hybridized carbons (Fsp3) is 0.500. The standard InChI is InChI=1S/C12H19BrN2O4S.ClH/c1-14-5-4-6-15-20(16,17)12-8-11(19-3)10(18-2)7-9(12)13;/h7-8,14-15H,4-6H2,1-3H3;1H. The third kappa shape index (κ3) is 5.63. The first-order valence-corrected chi connectivity index (χ1v) is 8.29. The maximum absolute atomic E-state index is 12.2. The van der Waals surface area contributed by atoms with Crippen molar-refractivity contribution in [2.75, 3.05) is 34.4 Å². The fourth-order valence-electron chi connectivity index (χ4n) is 1.59. The molecule has 0 saturated heterocycles. The van der Waals surface area contributed by atoms with Crippen molar-refractivity contribution < 1.29 is 17.9 Å². The molecule has 0 aliphatic heterocycles. The van der Waals surface area contributed by atoms with Gasteiger partial charge in [0.2, 0.25) is 10.0 Å². The summed E-state index contributed by atoms with van der Waals surface area (Å²) >= 11 is 3.24. The molecule has 1 rings (SSSR count). The predicted octanol–water partition coefficient (Wildman–Crippen LogP) is 1.78. The van der Waals surface area contributed by atoms with Gasteiger partial charge in [0, 0.05) is 17.1 Å². The lowest BCUT2D eigenvalue weighted by molar-refractivity contribution is 0.353. The maximum atomic E-state index is 12.2. The SMILES string of the molecule is CNCCCNS(=O)(=O)c1cc(OC)c(OC)cc1Br.Cl. The van der Waals surface area contributed by atoms with Gasteiger partial charge in [-0.25, -0.2) is 13.1 Å². The normalized spacial score (nSPS) is 10.9. The Morgan fingerprint density at radius 2 is 1.71 bits per heavy atom. The van der Waals surface area contributed by atoms with E-state index in [4.69, 9.17) is 9.47 Å². The molecule has 0 amide bonds. The highest BCUT2D eigenvalue weighted by Gasteiger charge is 2.20. The molecular formula is C12H20BrClN2O4S. The molecule has 6 nitrogen and oxygen atoms in total. The predicted molar refractivity (Wildman–Crippen MR) is 88.2 cm³/mol. The minimum absolute atomic E-state index is 0. The Morgan fingerprint density at radius 3 is 2.24 bits per heavy atom. The van der Waals surface area contributed by atoms with Gasteiger partial charge in [0.1, 0.15) is 4.90 Å². The van der Waals surface area contributed by atoms with E-state index >= 15 is 0 Å². The van der Waals surface area contributed by atoms with Gasteiger partial charge in [0.05, 0.1) is 14.2 Å². The highest BCUT2D eigenvalue weighted by Crippen LogP contribution is 2.35. The van der Waals surface area contributed by atoms with Crippen LogP contribution in [0, 0.1) is 0 Å². The average Bonchev–Trinajstić information content (AvgIpc) is 2.43. The minimum atomic E-state index is -3.59. The summed E-state index contributed by atoms with van der Waals surface area (Å²) in [4.78, 5) is 0.125. The molecule has 0 heterocycles. The van der Waals surface area contributed by atoms with E-state index in [2.05, 4.69) is 26.0 Å². The first-order chi connectivity index (χ1) is 9.46. The van der Waals surface area contributed by atoms with Crippen molar-refractivity contribution in [3.8, 4) is 11.5 Å². The largest absolute Gasteiger partial charge is 0.493 e. The van der Waals surface area contributed by atoms with Gasteiger partial charge in [-0.05, 0) is 42.0 Å². The molecular weight excluding hydrogens is 384 g/mol. The molecule has 0 atom stereocenters. The Labute approximate surface area is 140 Å². The quantitative estimate of drug-likeness (QED) is 0.647. The average molecular weight is 404 g/mol. The number of methoxy groups -OCH3 is 2. The van der Waals surface area contributed by atoms with Crippen molar-refractivity contribution in [3.63, 3.8) is 0 Å². The summed E-state index contributed by atoms with van der Waals surface area (Å²) in [6.07, 6.45) is 0.709. The Kier molecular flexibility index (Phi) is 9.23. The second-order valence-electron chi connectivity index (χ2n) is 3.99. The smallest absolute Gasteiger partial charge is 0.241 e. The Hall–Kier alpha value is -0.540. The molecule has 1 aromatic rings. The molecule has 0 radical (unpaired) electrons. The first-order valence-electron chi connectivity index (χ1n) is 6.02. The van der Waals surface area contributed by atoms with E-state index in [0.29, 0.717) is 28.9 Å². The van der Waals surface area contributed by atoms with Gasteiger partial charge >= 0.3 is 0 Å². The van der Waals surface area contributed by atoms with E-state index in [0.717, 1.165) is 6.54 Å². The summed E-state index contributed by atoms with van der Waals surface area (Å²) in [6.45, 7) is 1.11. The minimum Gasteiger partial charge on any atom is -0.493 e. The summed E-state index contributed by atoms with van der Waals surface area (Å²) in [5.41, 5.74) is 0. The first kappa shape index (κ1) is 20.5. The third-order valence-corrected chi connectivity index (χ3v) is 5.04. The van der Waals surface area contributed by atoms with Crippen LogP contribution in [0.4, 0.5) is 0 Å². The molecule has 0 aliphatic rings. The van der Waals surface area contributed by atoms with Crippen LogP contribution in [0.15, 0.2) is 21.5 Å². The number of sulfonamides is 1. The topological polar surface area (TPSA) is 76.7 Å². The van der Waals surface area contributed by atoms with Crippen LogP contribution in [0.1, 0.15) is 6.42 Å². The monoisotopic (exact) mass is 402 g/mol. The van der Waals surface area contributed by atoms with Crippen LogP contribution in [-0.4, -0.2) is 42.8 Å². The Bertz CT molecular complexity index is 554. The molecule has 0 unspecified atom stereocenters. The maximum Gasteiger partial charge on any atom is 0.241 e. The van der Waals surface area contributed by atoms with E-state index in [1.54, 1.807) is 6.07 Å². The van der Waals surface area contributed by atoms with Crippen LogP contribution >= 0.6 is 28.3 Å². The number of halogens is 2. The molecule has 1 aromatic carbocycles. The van der Waals surface area contributed by atoms with Gasteiger partial charge in [-0.3, -0.25) is 0 Å². The summed E-state index contributed by atoms with van der Waals surface area (Å²) < 4.78 is 37.7. The van der Waals surface area contributed by atoms with Crippen LogP contribution < -0.4 is 19.5 Å². The summed E-state index contributed by atoms with van der Waals surface area (Å²) in [6, 6.07) is 3.00. The lowest BCUT2D eigenvalue weighted by atomic mass is 10.3. The van der Waals surface area contributed by atoms with E-state index in [-0.39, 0.29) is 17.3 Å². The van der Waals surface area contributed by atoms with Crippen LogP contribution in [0.2, 0.25) is 0 Å². The zero-order chi connectivity index (χ0) is 15.2. The second-order valence-corrected chi connectivity index (χ2v) is 6.58. The van der Waals surface area contributed by atoms with Gasteiger partial charge in [-0.1, -0.05) is 0 Å². The Balaban J connectivity index is 0.00000400.